The van der Waals surface area contributed by atoms with Gasteiger partial charge in [-0.2, -0.15) is 0 Å². The van der Waals surface area contributed by atoms with Crippen molar-refractivity contribution < 1.29 is 14.3 Å². The number of rotatable bonds is 4. The molecule has 0 radical (unpaired) electrons. The highest BCUT2D eigenvalue weighted by atomic mass is 35.5. The first-order valence-electron chi connectivity index (χ1n) is 5.71. The van der Waals surface area contributed by atoms with Gasteiger partial charge in [-0.15, -0.1) is 0 Å². The lowest BCUT2D eigenvalue weighted by Crippen LogP contribution is -2.41. The summed E-state index contributed by atoms with van der Waals surface area (Å²) in [6, 6.07) is 4.79. The molecular formula is C12H15ClN2O3. The fourth-order valence-electron chi connectivity index (χ4n) is 1.73. The number of amides is 1. The van der Waals surface area contributed by atoms with Crippen LogP contribution in [0.2, 0.25) is 5.02 Å². The van der Waals surface area contributed by atoms with Gasteiger partial charge in [0.05, 0.1) is 12.2 Å². The number of halogens is 1. The molecule has 1 saturated heterocycles. The van der Waals surface area contributed by atoms with Crippen molar-refractivity contribution in [3.05, 3.63) is 28.8 Å². The zero-order valence-electron chi connectivity index (χ0n) is 9.82. The summed E-state index contributed by atoms with van der Waals surface area (Å²) in [4.78, 5) is 11.3. The van der Waals surface area contributed by atoms with Gasteiger partial charge in [0.1, 0.15) is 18.5 Å². The maximum absolute atomic E-state index is 11.3. The maximum Gasteiger partial charge on any atom is 0.252 e. The summed E-state index contributed by atoms with van der Waals surface area (Å²) in [5.41, 5.74) is 5.55. The topological polar surface area (TPSA) is 73.6 Å². The Morgan fingerprint density at radius 1 is 1.61 bits per heavy atom. The molecule has 1 atom stereocenters. The number of nitrogens with one attached hydrogen (secondary N) is 1. The number of primary amides is 1. The number of morpholine rings is 1. The Morgan fingerprint density at radius 3 is 3.11 bits per heavy atom. The molecule has 1 aromatic carbocycles. The summed E-state index contributed by atoms with van der Waals surface area (Å²) in [6.07, 6.45) is -0.0184. The van der Waals surface area contributed by atoms with Crippen molar-refractivity contribution in [1.29, 1.82) is 0 Å². The second kappa shape index (κ2) is 6.04. The number of hydrogen-bond donors (Lipinski definition) is 2. The van der Waals surface area contributed by atoms with Crippen LogP contribution in [0.25, 0.3) is 0 Å². The van der Waals surface area contributed by atoms with Crippen molar-refractivity contribution in [2.24, 2.45) is 5.73 Å². The van der Waals surface area contributed by atoms with Crippen LogP contribution in [0.4, 0.5) is 0 Å². The number of ether oxygens (including phenoxy) is 2. The van der Waals surface area contributed by atoms with Gasteiger partial charge in [-0.1, -0.05) is 11.6 Å². The Balaban J connectivity index is 2.01. The van der Waals surface area contributed by atoms with Crippen LogP contribution in [0.15, 0.2) is 18.2 Å². The molecule has 0 aromatic heterocycles. The van der Waals surface area contributed by atoms with Gasteiger partial charge >= 0.3 is 0 Å². The van der Waals surface area contributed by atoms with Crippen LogP contribution in [0.1, 0.15) is 10.4 Å². The molecule has 1 heterocycles. The van der Waals surface area contributed by atoms with Crippen LogP contribution in [0.5, 0.6) is 5.75 Å². The highest BCUT2D eigenvalue weighted by Gasteiger charge is 2.16. The van der Waals surface area contributed by atoms with E-state index in [1.807, 2.05) is 0 Å². The molecule has 1 aliphatic heterocycles. The number of hydrogen-bond acceptors (Lipinski definition) is 4. The number of carbonyl (C=O) groups is 1. The average molecular weight is 271 g/mol. The zero-order chi connectivity index (χ0) is 13.0. The highest BCUT2D eigenvalue weighted by Crippen LogP contribution is 2.22. The maximum atomic E-state index is 11.3. The van der Waals surface area contributed by atoms with Crippen molar-refractivity contribution in [3.63, 3.8) is 0 Å². The molecule has 2 rings (SSSR count). The van der Waals surface area contributed by atoms with Crippen LogP contribution >= 0.6 is 11.6 Å². The van der Waals surface area contributed by atoms with Gasteiger partial charge in [-0.05, 0) is 18.2 Å². The number of carbonyl (C=O) groups excluding carboxylic acids is 1. The van der Waals surface area contributed by atoms with E-state index in [9.17, 15) is 4.79 Å². The molecule has 3 N–H and O–H groups in total. The first kappa shape index (κ1) is 13.1. The van der Waals surface area contributed by atoms with Gasteiger partial charge in [0.25, 0.3) is 5.91 Å². The van der Waals surface area contributed by atoms with Gasteiger partial charge in [0, 0.05) is 18.1 Å². The standard InChI is InChI=1S/C12H15ClN2O3/c13-8-1-2-11(10(5-8)12(14)16)18-7-9-6-15-3-4-17-9/h1-2,5,9,15H,3-4,6-7H2,(H2,14,16). The molecule has 0 spiro atoms. The third-order valence-corrected chi connectivity index (χ3v) is 2.87. The molecular weight excluding hydrogens is 256 g/mol. The average Bonchev–Trinajstić information content (AvgIpc) is 2.38. The molecule has 1 amide bonds. The van der Waals surface area contributed by atoms with E-state index in [-0.39, 0.29) is 11.7 Å². The highest BCUT2D eigenvalue weighted by molar-refractivity contribution is 6.31. The van der Waals surface area contributed by atoms with E-state index in [4.69, 9.17) is 26.8 Å². The van der Waals surface area contributed by atoms with Crippen molar-refractivity contribution in [1.82, 2.24) is 5.32 Å². The van der Waals surface area contributed by atoms with Crippen LogP contribution in [0, 0.1) is 0 Å². The summed E-state index contributed by atoms with van der Waals surface area (Å²) < 4.78 is 11.1. The van der Waals surface area contributed by atoms with Crippen molar-refractivity contribution in [3.8, 4) is 5.75 Å². The molecule has 1 unspecified atom stereocenters. The summed E-state index contributed by atoms with van der Waals surface area (Å²) in [5.74, 6) is -0.128. The summed E-state index contributed by atoms with van der Waals surface area (Å²) in [7, 11) is 0. The van der Waals surface area contributed by atoms with Gasteiger partial charge in [-0.3, -0.25) is 4.79 Å². The van der Waals surface area contributed by atoms with Gasteiger partial charge in [-0.25, -0.2) is 0 Å². The van der Waals surface area contributed by atoms with E-state index in [0.29, 0.717) is 24.0 Å². The Kier molecular flexibility index (Phi) is 4.41. The third-order valence-electron chi connectivity index (χ3n) is 2.64. The molecule has 18 heavy (non-hydrogen) atoms. The lowest BCUT2D eigenvalue weighted by atomic mass is 10.2. The van der Waals surface area contributed by atoms with E-state index in [1.54, 1.807) is 12.1 Å². The van der Waals surface area contributed by atoms with E-state index in [1.165, 1.54) is 6.07 Å². The fourth-order valence-corrected chi connectivity index (χ4v) is 1.90. The predicted octanol–water partition coefficient (Wildman–Crippen LogP) is 0.806. The smallest absolute Gasteiger partial charge is 0.252 e. The number of nitrogens with two attached hydrogens (primary N) is 1. The molecule has 6 heteroatoms. The van der Waals surface area contributed by atoms with Crippen LogP contribution in [-0.4, -0.2) is 38.3 Å². The zero-order valence-corrected chi connectivity index (χ0v) is 10.6. The van der Waals surface area contributed by atoms with Crippen molar-refractivity contribution in [2.75, 3.05) is 26.3 Å². The van der Waals surface area contributed by atoms with E-state index < -0.39 is 5.91 Å². The van der Waals surface area contributed by atoms with Crippen LogP contribution < -0.4 is 15.8 Å². The van der Waals surface area contributed by atoms with Gasteiger partial charge < -0.3 is 20.5 Å². The lowest BCUT2D eigenvalue weighted by molar-refractivity contribution is 0.0000389. The van der Waals surface area contributed by atoms with Gasteiger partial charge in [0.2, 0.25) is 0 Å². The third kappa shape index (κ3) is 3.35. The Labute approximate surface area is 110 Å². The van der Waals surface area contributed by atoms with Gasteiger partial charge in [0.15, 0.2) is 0 Å². The number of benzene rings is 1. The second-order valence-corrected chi connectivity index (χ2v) is 4.45. The predicted molar refractivity (Wildman–Crippen MR) is 68.1 cm³/mol. The van der Waals surface area contributed by atoms with Crippen molar-refractivity contribution >= 4 is 17.5 Å². The molecule has 1 aromatic rings. The van der Waals surface area contributed by atoms with E-state index in [2.05, 4.69) is 5.32 Å². The Hall–Kier alpha value is -1.30. The molecule has 98 valence electrons. The summed E-state index contributed by atoms with van der Waals surface area (Å²) in [6.45, 7) is 2.62. The largest absolute Gasteiger partial charge is 0.490 e. The second-order valence-electron chi connectivity index (χ2n) is 4.01. The summed E-state index contributed by atoms with van der Waals surface area (Å²) in [5, 5.41) is 3.65. The molecule has 0 saturated carbocycles. The minimum Gasteiger partial charge on any atom is -0.490 e. The molecule has 5 nitrogen and oxygen atoms in total. The van der Waals surface area contributed by atoms with Crippen molar-refractivity contribution in [2.45, 2.75) is 6.10 Å². The quantitative estimate of drug-likeness (QED) is 0.849. The van der Waals surface area contributed by atoms with E-state index in [0.717, 1.165) is 13.1 Å². The first-order chi connectivity index (χ1) is 8.66. The summed E-state index contributed by atoms with van der Waals surface area (Å²) >= 11 is 5.81. The SMILES string of the molecule is NC(=O)c1cc(Cl)ccc1OCC1CNCCO1. The van der Waals surface area contributed by atoms with Crippen LogP contribution in [0.3, 0.4) is 0 Å². The monoisotopic (exact) mass is 270 g/mol. The minimum atomic E-state index is -0.560. The molecule has 0 aliphatic carbocycles. The first-order valence-corrected chi connectivity index (χ1v) is 6.09. The Bertz CT molecular complexity index is 433. The molecule has 0 bridgehead atoms. The minimum absolute atomic E-state index is 0.0184. The van der Waals surface area contributed by atoms with E-state index >= 15 is 0 Å². The van der Waals surface area contributed by atoms with Crippen LogP contribution in [-0.2, 0) is 4.74 Å². The molecule has 1 fully saturated rings. The lowest BCUT2D eigenvalue weighted by Gasteiger charge is -2.24. The fraction of sp³-hybridized carbons (Fsp3) is 0.417. The Morgan fingerprint density at radius 2 is 2.44 bits per heavy atom. The molecule has 1 aliphatic rings. The normalized spacial score (nSPS) is 19.5.